The topological polar surface area (TPSA) is 110 Å². The SMILES string of the molecule is CCCCCCCCCCC/C=C/COC(=O)c1cccc(S(=O)(=O)[O-])c1C(=O)OC/C=C/CCCCCCCCCCC.[K+]. The van der Waals surface area contributed by atoms with Crippen molar-refractivity contribution in [2.24, 2.45) is 0 Å². The van der Waals surface area contributed by atoms with Gasteiger partial charge in [-0.25, -0.2) is 18.0 Å². The maximum absolute atomic E-state index is 12.8. The van der Waals surface area contributed by atoms with E-state index in [9.17, 15) is 22.6 Å². The molecule has 0 aliphatic heterocycles. The maximum atomic E-state index is 12.8. The van der Waals surface area contributed by atoms with Gasteiger partial charge in [-0.05, 0) is 37.8 Å². The summed E-state index contributed by atoms with van der Waals surface area (Å²) < 4.78 is 46.1. The number of hydrogen-bond acceptors (Lipinski definition) is 7. The van der Waals surface area contributed by atoms with Crippen LogP contribution in [0, 0.1) is 0 Å². The molecule has 250 valence electrons. The molecule has 0 unspecified atom stereocenters. The number of carbonyl (C=O) groups is 2. The standard InChI is InChI=1S/C36H58O7S.K/c1-3-5-7-9-11-13-15-17-19-21-23-25-30-42-35(37)32-28-27-29-33(44(39,40)41)34(32)36(38)43-31-26-24-22-20-18-16-14-12-10-8-6-4-2;/h23-29H,3-22,30-31H2,1-2H3,(H,39,40,41);/q;+1/p-1/b25-23+,26-24+;. The molecule has 0 radical (unpaired) electrons. The number of benzene rings is 1. The van der Waals surface area contributed by atoms with E-state index < -0.39 is 32.5 Å². The minimum absolute atomic E-state index is 0. The molecule has 1 aromatic rings. The number of rotatable bonds is 27. The van der Waals surface area contributed by atoms with Gasteiger partial charge >= 0.3 is 63.3 Å². The Balaban J connectivity index is 0.0000194. The van der Waals surface area contributed by atoms with E-state index in [-0.39, 0.29) is 70.2 Å². The average Bonchev–Trinajstić information content (AvgIpc) is 3.00. The van der Waals surface area contributed by atoms with Gasteiger partial charge in [0.1, 0.15) is 23.3 Å². The van der Waals surface area contributed by atoms with E-state index in [2.05, 4.69) is 13.8 Å². The second kappa shape index (κ2) is 29.3. The molecule has 9 heteroatoms. The van der Waals surface area contributed by atoms with Crippen molar-refractivity contribution >= 4 is 22.1 Å². The third kappa shape index (κ3) is 22.4. The summed E-state index contributed by atoms with van der Waals surface area (Å²) in [6, 6.07) is 3.50. The van der Waals surface area contributed by atoms with Crippen molar-refractivity contribution in [1.82, 2.24) is 0 Å². The zero-order valence-corrected chi connectivity index (χ0v) is 32.3. The van der Waals surface area contributed by atoms with Crippen LogP contribution in [0.15, 0.2) is 47.4 Å². The van der Waals surface area contributed by atoms with Crippen LogP contribution in [0.4, 0.5) is 0 Å². The first-order chi connectivity index (χ1) is 21.3. The first-order valence-electron chi connectivity index (χ1n) is 17.1. The molecular formula is C36H57KO7S. The van der Waals surface area contributed by atoms with Gasteiger partial charge in [-0.15, -0.1) is 0 Å². The summed E-state index contributed by atoms with van der Waals surface area (Å²) in [5, 5.41) is 0. The van der Waals surface area contributed by atoms with Crippen molar-refractivity contribution in [2.45, 2.75) is 147 Å². The van der Waals surface area contributed by atoms with Gasteiger partial charge in [-0.1, -0.05) is 147 Å². The van der Waals surface area contributed by atoms with Gasteiger partial charge in [0.2, 0.25) is 0 Å². The number of allylic oxidation sites excluding steroid dienone is 2. The molecule has 0 bridgehead atoms. The first-order valence-corrected chi connectivity index (χ1v) is 18.5. The molecule has 0 fully saturated rings. The molecule has 0 heterocycles. The second-order valence-electron chi connectivity index (χ2n) is 11.5. The average molecular weight is 673 g/mol. The zero-order valence-electron chi connectivity index (χ0n) is 28.4. The Bertz CT molecular complexity index is 1080. The molecule has 0 aromatic heterocycles. The van der Waals surface area contributed by atoms with Crippen molar-refractivity contribution in [1.29, 1.82) is 0 Å². The van der Waals surface area contributed by atoms with Crippen molar-refractivity contribution in [3.8, 4) is 0 Å². The molecule has 1 rings (SSSR count). The first kappa shape index (κ1) is 44.2. The summed E-state index contributed by atoms with van der Waals surface area (Å²) in [4.78, 5) is 24.8. The van der Waals surface area contributed by atoms with Gasteiger partial charge in [0.15, 0.2) is 0 Å². The molecule has 7 nitrogen and oxygen atoms in total. The molecule has 0 spiro atoms. The van der Waals surface area contributed by atoms with Crippen LogP contribution < -0.4 is 51.4 Å². The molecule has 0 aliphatic rings. The molecule has 0 saturated heterocycles. The van der Waals surface area contributed by atoms with Gasteiger partial charge in [0.05, 0.1) is 16.0 Å². The molecule has 45 heavy (non-hydrogen) atoms. The Morgan fingerprint density at radius 3 is 1.44 bits per heavy atom. The monoisotopic (exact) mass is 672 g/mol. The van der Waals surface area contributed by atoms with Crippen LogP contribution in [0.1, 0.15) is 163 Å². The van der Waals surface area contributed by atoms with Gasteiger partial charge in [-0.2, -0.15) is 0 Å². The van der Waals surface area contributed by atoms with Gasteiger partial charge in [0.25, 0.3) is 0 Å². The van der Waals surface area contributed by atoms with Crippen molar-refractivity contribution in [3.05, 3.63) is 53.6 Å². The van der Waals surface area contributed by atoms with Gasteiger partial charge in [-0.3, -0.25) is 0 Å². The Hall–Kier alpha value is -0.814. The maximum Gasteiger partial charge on any atom is 1.00 e. The van der Waals surface area contributed by atoms with Crippen molar-refractivity contribution in [3.63, 3.8) is 0 Å². The molecule has 0 amide bonds. The van der Waals surface area contributed by atoms with E-state index in [1.165, 1.54) is 102 Å². The summed E-state index contributed by atoms with van der Waals surface area (Å²) in [7, 11) is -5.03. The van der Waals surface area contributed by atoms with Gasteiger partial charge in [0, 0.05) is 0 Å². The van der Waals surface area contributed by atoms with Crippen LogP contribution in [0.5, 0.6) is 0 Å². The van der Waals surface area contributed by atoms with Crippen LogP contribution in [-0.2, 0) is 19.6 Å². The molecular weight excluding hydrogens is 616 g/mol. The van der Waals surface area contributed by atoms with E-state index >= 15 is 0 Å². The smallest absolute Gasteiger partial charge is 0.744 e. The van der Waals surface area contributed by atoms with E-state index in [0.29, 0.717) is 0 Å². The van der Waals surface area contributed by atoms with E-state index in [0.717, 1.165) is 44.6 Å². The number of esters is 2. The molecule has 0 saturated carbocycles. The van der Waals surface area contributed by atoms with Crippen LogP contribution in [-0.4, -0.2) is 38.1 Å². The summed E-state index contributed by atoms with van der Waals surface area (Å²) in [5.74, 6) is -1.95. The van der Waals surface area contributed by atoms with Crippen LogP contribution in [0.2, 0.25) is 0 Å². The molecule has 0 N–H and O–H groups in total. The van der Waals surface area contributed by atoms with E-state index in [4.69, 9.17) is 9.47 Å². The van der Waals surface area contributed by atoms with Crippen LogP contribution >= 0.6 is 0 Å². The summed E-state index contributed by atoms with van der Waals surface area (Å²) >= 11 is 0. The van der Waals surface area contributed by atoms with Crippen LogP contribution in [0.25, 0.3) is 0 Å². The largest absolute Gasteiger partial charge is 1.00 e. The summed E-state index contributed by atoms with van der Waals surface area (Å²) in [6.07, 6.45) is 31.4. The minimum Gasteiger partial charge on any atom is -0.744 e. The molecule has 0 atom stereocenters. The Labute approximate surface area is 316 Å². The fraction of sp³-hybridized carbons (Fsp3) is 0.667. The third-order valence-electron chi connectivity index (χ3n) is 7.62. The Kier molecular flexibility index (Phi) is 28.8. The second-order valence-corrected chi connectivity index (χ2v) is 12.9. The predicted octanol–water partition coefficient (Wildman–Crippen LogP) is 6.86. The number of carbonyl (C=O) groups excluding carboxylic acids is 2. The quantitative estimate of drug-likeness (QED) is 0.0330. The minimum atomic E-state index is -5.03. The number of unbranched alkanes of at least 4 members (excludes halogenated alkanes) is 18. The normalized spacial score (nSPS) is 11.6. The van der Waals surface area contributed by atoms with Crippen molar-refractivity contribution in [2.75, 3.05) is 13.2 Å². The summed E-state index contributed by atoms with van der Waals surface area (Å²) in [5.41, 5.74) is -0.892. The van der Waals surface area contributed by atoms with Crippen molar-refractivity contribution < 1.29 is 83.4 Å². The molecule has 1 aromatic carbocycles. The van der Waals surface area contributed by atoms with E-state index in [1.807, 2.05) is 12.2 Å². The van der Waals surface area contributed by atoms with Gasteiger partial charge < -0.3 is 14.0 Å². The van der Waals surface area contributed by atoms with E-state index in [1.54, 1.807) is 12.2 Å². The third-order valence-corrected chi connectivity index (χ3v) is 8.50. The predicted molar refractivity (Wildman–Crippen MR) is 177 cm³/mol. The Morgan fingerprint density at radius 1 is 0.622 bits per heavy atom. The zero-order chi connectivity index (χ0) is 32.3. The fourth-order valence-electron chi connectivity index (χ4n) is 5.04. The molecule has 0 aliphatic carbocycles. The van der Waals surface area contributed by atoms with Crippen LogP contribution in [0.3, 0.4) is 0 Å². The Morgan fingerprint density at radius 2 is 1.02 bits per heavy atom. The fourth-order valence-corrected chi connectivity index (χ4v) is 5.72. The number of hydrogen-bond donors (Lipinski definition) is 0. The summed E-state index contributed by atoms with van der Waals surface area (Å²) in [6.45, 7) is 4.32. The number of ether oxygens (including phenoxy) is 2.